The fourth-order valence-corrected chi connectivity index (χ4v) is 4.14. The van der Waals surface area contributed by atoms with Gasteiger partial charge in [0.2, 0.25) is 0 Å². The highest BCUT2D eigenvalue weighted by Gasteiger charge is 2.20. The molecule has 2 fully saturated rings. The Bertz CT molecular complexity index is 646. The lowest BCUT2D eigenvalue weighted by molar-refractivity contribution is 0.120. The van der Waals surface area contributed by atoms with Gasteiger partial charge < -0.3 is 20.6 Å². The van der Waals surface area contributed by atoms with Crippen LogP contribution in [0.15, 0.2) is 29.3 Å². The minimum Gasteiger partial charge on any atom is -0.393 e. The van der Waals surface area contributed by atoms with E-state index in [1.165, 1.54) is 6.07 Å². The van der Waals surface area contributed by atoms with Crippen molar-refractivity contribution in [3.63, 3.8) is 0 Å². The maximum absolute atomic E-state index is 14.0. The number of nitrogens with one attached hydrogen (secondary N) is 2. The molecular formula is C22H37FIN5O. The molecule has 1 aliphatic heterocycles. The lowest BCUT2D eigenvalue weighted by Crippen LogP contribution is -2.47. The number of halogens is 2. The summed E-state index contributed by atoms with van der Waals surface area (Å²) >= 11 is 0. The molecule has 30 heavy (non-hydrogen) atoms. The summed E-state index contributed by atoms with van der Waals surface area (Å²) in [5, 5.41) is 16.5. The maximum Gasteiger partial charge on any atom is 0.191 e. The Morgan fingerprint density at radius 2 is 1.83 bits per heavy atom. The van der Waals surface area contributed by atoms with Crippen LogP contribution in [0.2, 0.25) is 0 Å². The molecule has 0 aromatic heterocycles. The Morgan fingerprint density at radius 1 is 1.13 bits per heavy atom. The van der Waals surface area contributed by atoms with Gasteiger partial charge in [-0.2, -0.15) is 0 Å². The number of guanidine groups is 1. The molecule has 170 valence electrons. The lowest BCUT2D eigenvalue weighted by Gasteiger charge is -2.36. The molecule has 0 atom stereocenters. The van der Waals surface area contributed by atoms with Crippen LogP contribution in [0.25, 0.3) is 0 Å². The van der Waals surface area contributed by atoms with Crippen molar-refractivity contribution in [2.45, 2.75) is 51.2 Å². The normalized spacial score (nSPS) is 23.0. The first kappa shape index (κ1) is 25.1. The molecule has 0 unspecified atom stereocenters. The quantitative estimate of drug-likeness (QED) is 0.218. The first-order valence-corrected chi connectivity index (χ1v) is 11.1. The number of anilines is 1. The fraction of sp³-hybridized carbons (Fsp3) is 0.682. The largest absolute Gasteiger partial charge is 0.393 e. The molecule has 0 radical (unpaired) electrons. The Hall–Kier alpha value is -1.13. The zero-order valence-electron chi connectivity index (χ0n) is 18.0. The van der Waals surface area contributed by atoms with Gasteiger partial charge in [-0.1, -0.05) is 12.1 Å². The molecule has 1 aromatic rings. The molecule has 2 aliphatic rings. The van der Waals surface area contributed by atoms with Crippen LogP contribution in [0.5, 0.6) is 0 Å². The molecule has 1 heterocycles. The Morgan fingerprint density at radius 3 is 2.50 bits per heavy atom. The van der Waals surface area contributed by atoms with Crippen LogP contribution in [0.4, 0.5) is 10.1 Å². The topological polar surface area (TPSA) is 63.1 Å². The van der Waals surface area contributed by atoms with E-state index in [2.05, 4.69) is 27.4 Å². The molecule has 1 saturated carbocycles. The predicted octanol–water partition coefficient (Wildman–Crippen LogP) is 2.81. The number of nitrogens with zero attached hydrogens (tertiary/aromatic N) is 3. The van der Waals surface area contributed by atoms with E-state index in [1.807, 2.05) is 12.1 Å². The molecule has 1 aliphatic carbocycles. The van der Waals surface area contributed by atoms with Crippen LogP contribution >= 0.6 is 24.0 Å². The van der Waals surface area contributed by atoms with Gasteiger partial charge >= 0.3 is 0 Å². The first-order chi connectivity index (χ1) is 14.2. The van der Waals surface area contributed by atoms with Crippen LogP contribution in [0, 0.1) is 5.82 Å². The van der Waals surface area contributed by atoms with Gasteiger partial charge in [-0.3, -0.25) is 9.89 Å². The minimum absolute atomic E-state index is 0. The number of rotatable bonds is 7. The first-order valence-electron chi connectivity index (χ1n) is 11.1. The SMILES string of the molecule is CCNC(=NCCCN1CCN(c2ccccc2F)CC1)NC1CCC(O)CC1.I. The summed E-state index contributed by atoms with van der Waals surface area (Å²) < 4.78 is 14.0. The van der Waals surface area contributed by atoms with E-state index in [4.69, 9.17) is 4.99 Å². The van der Waals surface area contributed by atoms with Crippen LogP contribution in [0.1, 0.15) is 39.0 Å². The highest BCUT2D eigenvalue weighted by atomic mass is 127. The van der Waals surface area contributed by atoms with Crippen LogP contribution < -0.4 is 15.5 Å². The molecule has 1 aromatic carbocycles. The van der Waals surface area contributed by atoms with Crippen molar-refractivity contribution in [1.29, 1.82) is 0 Å². The smallest absolute Gasteiger partial charge is 0.191 e. The van der Waals surface area contributed by atoms with Gasteiger partial charge in [-0.25, -0.2) is 4.39 Å². The fourth-order valence-electron chi connectivity index (χ4n) is 4.14. The van der Waals surface area contributed by atoms with Crippen LogP contribution in [-0.4, -0.2) is 73.9 Å². The second-order valence-corrected chi connectivity index (χ2v) is 8.04. The lowest BCUT2D eigenvalue weighted by atomic mass is 9.93. The molecular weight excluding hydrogens is 496 g/mol. The number of aliphatic hydroxyl groups excluding tert-OH is 1. The summed E-state index contributed by atoms with van der Waals surface area (Å²) in [6.07, 6.45) is 4.62. The van der Waals surface area contributed by atoms with Crippen LogP contribution in [-0.2, 0) is 0 Å². The van der Waals surface area contributed by atoms with Crippen molar-refractivity contribution < 1.29 is 9.50 Å². The third-order valence-electron chi connectivity index (χ3n) is 5.85. The van der Waals surface area contributed by atoms with Crippen molar-refractivity contribution in [2.75, 3.05) is 50.7 Å². The third-order valence-corrected chi connectivity index (χ3v) is 5.85. The van der Waals surface area contributed by atoms with Gasteiger partial charge in [-0.15, -0.1) is 24.0 Å². The molecule has 0 amide bonds. The number of aliphatic hydroxyl groups is 1. The van der Waals surface area contributed by atoms with Crippen LogP contribution in [0.3, 0.4) is 0 Å². The standard InChI is InChI=1S/C22H36FN5O.HI/c1-2-24-22(26-18-8-10-19(29)11-9-18)25-12-5-13-27-14-16-28(17-15-27)21-7-4-3-6-20(21)23;/h3-4,6-7,18-19,29H,2,5,8-17H2,1H3,(H2,24,25,26);1H. The summed E-state index contributed by atoms with van der Waals surface area (Å²) in [7, 11) is 0. The van der Waals surface area contributed by atoms with Gasteiger partial charge in [0.05, 0.1) is 11.8 Å². The zero-order chi connectivity index (χ0) is 20.5. The second kappa shape index (κ2) is 13.3. The average Bonchev–Trinajstić information content (AvgIpc) is 2.74. The second-order valence-electron chi connectivity index (χ2n) is 8.04. The highest BCUT2D eigenvalue weighted by Crippen LogP contribution is 2.20. The Kier molecular flexibility index (Phi) is 11.2. The summed E-state index contributed by atoms with van der Waals surface area (Å²) in [6, 6.07) is 7.44. The summed E-state index contributed by atoms with van der Waals surface area (Å²) in [5.74, 6) is 0.754. The Labute approximate surface area is 197 Å². The maximum atomic E-state index is 14.0. The third kappa shape index (κ3) is 7.85. The van der Waals surface area contributed by atoms with E-state index >= 15 is 0 Å². The van der Waals surface area contributed by atoms with Gasteiger partial charge in [0.1, 0.15) is 5.82 Å². The zero-order valence-corrected chi connectivity index (χ0v) is 20.4. The summed E-state index contributed by atoms with van der Waals surface area (Å²) in [6.45, 7) is 8.38. The number of para-hydroxylation sites is 1. The number of hydrogen-bond acceptors (Lipinski definition) is 4. The van der Waals surface area contributed by atoms with Crippen molar-refractivity contribution in [3.05, 3.63) is 30.1 Å². The molecule has 6 nitrogen and oxygen atoms in total. The molecule has 0 bridgehead atoms. The van der Waals surface area contributed by atoms with E-state index in [9.17, 15) is 9.50 Å². The molecule has 3 N–H and O–H groups in total. The minimum atomic E-state index is -0.133. The van der Waals surface area contributed by atoms with E-state index in [0.29, 0.717) is 11.7 Å². The molecule has 0 spiro atoms. The Balaban J connectivity index is 0.00000320. The van der Waals surface area contributed by atoms with E-state index in [1.54, 1.807) is 6.07 Å². The number of benzene rings is 1. The van der Waals surface area contributed by atoms with Crippen molar-refractivity contribution in [2.24, 2.45) is 4.99 Å². The number of aliphatic imine (C=N–C) groups is 1. The average molecular weight is 533 g/mol. The van der Waals surface area contributed by atoms with E-state index < -0.39 is 0 Å². The van der Waals surface area contributed by atoms with Gasteiger partial charge in [0, 0.05) is 51.9 Å². The van der Waals surface area contributed by atoms with Gasteiger partial charge in [0.15, 0.2) is 5.96 Å². The highest BCUT2D eigenvalue weighted by molar-refractivity contribution is 14.0. The van der Waals surface area contributed by atoms with E-state index in [0.717, 1.165) is 83.9 Å². The van der Waals surface area contributed by atoms with Gasteiger partial charge in [0.25, 0.3) is 0 Å². The van der Waals surface area contributed by atoms with Crippen molar-refractivity contribution in [1.82, 2.24) is 15.5 Å². The summed E-state index contributed by atoms with van der Waals surface area (Å²) in [4.78, 5) is 9.31. The van der Waals surface area contributed by atoms with Crippen molar-refractivity contribution >= 4 is 35.6 Å². The van der Waals surface area contributed by atoms with Gasteiger partial charge in [-0.05, 0) is 51.2 Å². The summed E-state index contributed by atoms with van der Waals surface area (Å²) in [5.41, 5.74) is 0.716. The van der Waals surface area contributed by atoms with E-state index in [-0.39, 0.29) is 35.9 Å². The number of piperazine rings is 1. The molecule has 8 heteroatoms. The predicted molar refractivity (Wildman–Crippen MR) is 132 cm³/mol. The van der Waals surface area contributed by atoms with Crippen molar-refractivity contribution in [3.8, 4) is 0 Å². The molecule has 1 saturated heterocycles. The molecule has 3 rings (SSSR count). The number of hydrogen-bond donors (Lipinski definition) is 3. The monoisotopic (exact) mass is 533 g/mol.